The average molecular weight is 376 g/mol. The lowest BCUT2D eigenvalue weighted by molar-refractivity contribution is 0.0955. The number of hydrogen-bond acceptors (Lipinski definition) is 3. The average Bonchev–Trinajstić information content (AvgIpc) is 2.80. The van der Waals surface area contributed by atoms with Crippen LogP contribution in [-0.4, -0.2) is 5.78 Å². The number of hydrogen-bond donors (Lipinski definition) is 1. The second-order valence-corrected chi connectivity index (χ2v) is 7.12. The third-order valence-corrected chi connectivity index (χ3v) is 5.31. The van der Waals surface area contributed by atoms with Crippen LogP contribution in [0.4, 0.5) is 11.4 Å². The Hall–Kier alpha value is -3.85. The molecule has 0 bridgehead atoms. The smallest absolute Gasteiger partial charge is 0.193 e. The monoisotopic (exact) mass is 376 g/mol. The van der Waals surface area contributed by atoms with Crippen molar-refractivity contribution >= 4 is 17.2 Å². The van der Waals surface area contributed by atoms with E-state index in [0.717, 1.165) is 33.6 Å². The largest absolute Gasteiger partial charge is 0.297 e. The number of carbonyl (C=O) groups excluding carboxylic acids is 1. The number of ketones is 1. The zero-order valence-electron chi connectivity index (χ0n) is 15.8. The number of para-hydroxylation sites is 2. The number of rotatable bonds is 3. The van der Waals surface area contributed by atoms with Gasteiger partial charge in [-0.15, -0.1) is 0 Å². The molecule has 1 unspecified atom stereocenters. The first-order valence-corrected chi connectivity index (χ1v) is 9.71. The van der Waals surface area contributed by atoms with E-state index >= 15 is 0 Å². The van der Waals surface area contributed by atoms with Crippen molar-refractivity contribution in [2.24, 2.45) is 0 Å². The number of benzene rings is 4. The highest BCUT2D eigenvalue weighted by atomic mass is 16.1. The summed E-state index contributed by atoms with van der Waals surface area (Å²) in [4.78, 5) is 13.5. The van der Waals surface area contributed by atoms with E-state index in [1.54, 1.807) is 0 Å². The van der Waals surface area contributed by atoms with Gasteiger partial charge in [-0.1, -0.05) is 84.9 Å². The third-order valence-electron chi connectivity index (χ3n) is 5.31. The van der Waals surface area contributed by atoms with Crippen LogP contribution in [0.2, 0.25) is 0 Å². The molecule has 29 heavy (non-hydrogen) atoms. The maximum Gasteiger partial charge on any atom is 0.193 e. The van der Waals surface area contributed by atoms with E-state index in [1.165, 1.54) is 0 Å². The van der Waals surface area contributed by atoms with Gasteiger partial charge in [0.25, 0.3) is 0 Å². The lowest BCUT2D eigenvalue weighted by Gasteiger charge is -2.38. The van der Waals surface area contributed by atoms with Gasteiger partial charge in [-0.25, -0.2) is 0 Å². The fourth-order valence-electron chi connectivity index (χ4n) is 3.85. The van der Waals surface area contributed by atoms with Crippen LogP contribution in [0.3, 0.4) is 0 Å². The molecular formula is C26H20N2O. The van der Waals surface area contributed by atoms with Crippen molar-refractivity contribution in [3.63, 3.8) is 0 Å². The first-order valence-electron chi connectivity index (χ1n) is 9.71. The molecule has 4 aromatic carbocycles. The second-order valence-electron chi connectivity index (χ2n) is 7.12. The van der Waals surface area contributed by atoms with E-state index < -0.39 is 6.04 Å². The van der Waals surface area contributed by atoms with Crippen molar-refractivity contribution in [3.8, 4) is 11.1 Å². The molecule has 3 heteroatoms. The van der Waals surface area contributed by atoms with E-state index in [2.05, 4.69) is 41.8 Å². The molecule has 1 aliphatic heterocycles. The summed E-state index contributed by atoms with van der Waals surface area (Å²) < 4.78 is 0. The predicted molar refractivity (Wildman–Crippen MR) is 118 cm³/mol. The second kappa shape index (κ2) is 7.28. The summed E-state index contributed by atoms with van der Waals surface area (Å²) in [6.45, 7) is 0. The van der Waals surface area contributed by atoms with Crippen LogP contribution in [0.5, 0.6) is 0 Å². The van der Waals surface area contributed by atoms with E-state index in [1.807, 2.05) is 77.8 Å². The number of Topliss-reactive ketones (excluding diaryl/α,β-unsaturated/α-hetero) is 1. The highest BCUT2D eigenvalue weighted by Gasteiger charge is 2.35. The van der Waals surface area contributed by atoms with Crippen molar-refractivity contribution in [2.45, 2.75) is 6.04 Å². The van der Waals surface area contributed by atoms with E-state index in [-0.39, 0.29) is 5.78 Å². The molecule has 0 aliphatic carbocycles. The molecule has 1 atom stereocenters. The first kappa shape index (κ1) is 17.3. The molecule has 3 nitrogen and oxygen atoms in total. The summed E-state index contributed by atoms with van der Waals surface area (Å²) in [5, 5.41) is 1.96. The molecule has 0 aromatic heterocycles. The van der Waals surface area contributed by atoms with E-state index in [4.69, 9.17) is 0 Å². The molecule has 0 saturated carbocycles. The number of fused-ring (bicyclic) bond motifs is 1. The van der Waals surface area contributed by atoms with Gasteiger partial charge in [0.1, 0.15) is 6.04 Å². The summed E-state index contributed by atoms with van der Waals surface area (Å²) in [5.41, 5.74) is 9.21. The zero-order valence-corrected chi connectivity index (χ0v) is 15.8. The molecule has 0 amide bonds. The minimum Gasteiger partial charge on any atom is -0.297 e. The van der Waals surface area contributed by atoms with Crippen LogP contribution in [0.1, 0.15) is 22.0 Å². The topological polar surface area (TPSA) is 32.3 Å². The van der Waals surface area contributed by atoms with Crippen LogP contribution in [-0.2, 0) is 0 Å². The van der Waals surface area contributed by atoms with Gasteiger partial charge in [-0.3, -0.25) is 15.2 Å². The molecule has 1 aliphatic rings. The minimum absolute atomic E-state index is 0.0932. The van der Waals surface area contributed by atoms with Crippen molar-refractivity contribution in [2.75, 3.05) is 10.4 Å². The molecule has 0 radical (unpaired) electrons. The van der Waals surface area contributed by atoms with E-state index in [0.29, 0.717) is 0 Å². The Kier molecular flexibility index (Phi) is 4.34. The maximum absolute atomic E-state index is 13.5. The fraction of sp³-hybridized carbons (Fsp3) is 0.0385. The van der Waals surface area contributed by atoms with Gasteiger partial charge in [0.2, 0.25) is 0 Å². The first-order chi connectivity index (χ1) is 14.3. The molecule has 140 valence electrons. The number of nitrogens with zero attached hydrogens (tertiary/aromatic N) is 1. The Bertz CT molecular complexity index is 1140. The van der Waals surface area contributed by atoms with Gasteiger partial charge >= 0.3 is 0 Å². The number of nitrogens with one attached hydrogen (secondary N) is 1. The molecule has 5 rings (SSSR count). The van der Waals surface area contributed by atoms with Crippen LogP contribution in [0.25, 0.3) is 11.1 Å². The van der Waals surface area contributed by atoms with Crippen LogP contribution >= 0.6 is 0 Å². The summed E-state index contributed by atoms with van der Waals surface area (Å²) in [7, 11) is 0. The Morgan fingerprint density at radius 1 is 0.621 bits per heavy atom. The van der Waals surface area contributed by atoms with Gasteiger partial charge < -0.3 is 0 Å². The summed E-state index contributed by atoms with van der Waals surface area (Å²) in [6.07, 6.45) is 0. The molecule has 0 fully saturated rings. The van der Waals surface area contributed by atoms with Gasteiger partial charge in [0, 0.05) is 5.56 Å². The highest BCUT2D eigenvalue weighted by molar-refractivity contribution is 6.09. The minimum atomic E-state index is -0.433. The number of anilines is 2. The standard InChI is InChI=1S/C26H20N2O/c29-26-23-13-7-8-14-24(23)27-28(22-11-5-2-6-12-22)25(26)21-17-15-20(16-18-21)19-9-3-1-4-10-19/h1-18,25,27H. The third kappa shape index (κ3) is 3.17. The van der Waals surface area contributed by atoms with Crippen LogP contribution < -0.4 is 10.4 Å². The molecule has 0 saturated heterocycles. The number of carbonyl (C=O) groups is 1. The van der Waals surface area contributed by atoms with Crippen molar-refractivity contribution < 1.29 is 4.79 Å². The molecule has 4 aromatic rings. The van der Waals surface area contributed by atoms with Gasteiger partial charge in [0.05, 0.1) is 11.4 Å². The summed E-state index contributed by atoms with van der Waals surface area (Å²) >= 11 is 0. The maximum atomic E-state index is 13.5. The van der Waals surface area contributed by atoms with Crippen molar-refractivity contribution in [3.05, 3.63) is 120 Å². The Morgan fingerprint density at radius 2 is 1.21 bits per heavy atom. The Morgan fingerprint density at radius 3 is 1.93 bits per heavy atom. The van der Waals surface area contributed by atoms with E-state index in [9.17, 15) is 4.79 Å². The Labute approximate surface area is 170 Å². The van der Waals surface area contributed by atoms with Crippen molar-refractivity contribution in [1.29, 1.82) is 0 Å². The lowest BCUT2D eigenvalue weighted by atomic mass is 9.92. The predicted octanol–water partition coefficient (Wildman–Crippen LogP) is 6.12. The van der Waals surface area contributed by atoms with Gasteiger partial charge in [-0.05, 0) is 41.0 Å². The summed E-state index contributed by atoms with van der Waals surface area (Å²) in [5.74, 6) is 0.0932. The van der Waals surface area contributed by atoms with Crippen LogP contribution in [0, 0.1) is 0 Å². The normalized spacial score (nSPS) is 15.5. The molecule has 1 N–H and O–H groups in total. The zero-order chi connectivity index (χ0) is 19.6. The SMILES string of the molecule is O=C1c2ccccc2NN(c2ccccc2)C1c1ccc(-c2ccccc2)cc1. The quantitative estimate of drug-likeness (QED) is 0.467. The molecule has 0 spiro atoms. The fourth-order valence-corrected chi connectivity index (χ4v) is 3.85. The van der Waals surface area contributed by atoms with Crippen molar-refractivity contribution in [1.82, 2.24) is 0 Å². The lowest BCUT2D eigenvalue weighted by Crippen LogP contribution is -2.43. The van der Waals surface area contributed by atoms with Crippen LogP contribution in [0.15, 0.2) is 109 Å². The number of hydrazine groups is 1. The van der Waals surface area contributed by atoms with Gasteiger partial charge in [0.15, 0.2) is 5.78 Å². The Balaban J connectivity index is 1.58. The molecular weight excluding hydrogens is 356 g/mol. The highest BCUT2D eigenvalue weighted by Crippen LogP contribution is 2.37. The molecule has 1 heterocycles. The van der Waals surface area contributed by atoms with Gasteiger partial charge in [-0.2, -0.15) is 0 Å². The summed E-state index contributed by atoms with van der Waals surface area (Å²) in [6, 6.07) is 35.8.